The van der Waals surface area contributed by atoms with Crippen molar-refractivity contribution in [3.05, 3.63) is 28.2 Å². The van der Waals surface area contributed by atoms with Crippen LogP contribution in [0.4, 0.5) is 0 Å². The van der Waals surface area contributed by atoms with Gasteiger partial charge >= 0.3 is 0 Å². The van der Waals surface area contributed by atoms with E-state index >= 15 is 0 Å². The topological polar surface area (TPSA) is 35.5 Å². The van der Waals surface area contributed by atoms with Crippen LogP contribution in [-0.2, 0) is 0 Å². The Bertz CT molecular complexity index is 428. The van der Waals surface area contributed by atoms with Gasteiger partial charge in [0, 0.05) is 36.7 Å². The van der Waals surface area contributed by atoms with Gasteiger partial charge in [-0.25, -0.2) is 0 Å². The molecule has 0 saturated carbocycles. The Morgan fingerprint density at radius 2 is 1.90 bits per heavy atom. The predicted octanol–water partition coefficient (Wildman–Crippen LogP) is 3.99. The molecule has 2 rings (SSSR count). The monoisotopic (exact) mass is 398 g/mol. The highest BCUT2D eigenvalue weighted by molar-refractivity contribution is 9.10. The van der Waals surface area contributed by atoms with E-state index in [-0.39, 0.29) is 24.8 Å². The zero-order valence-electron chi connectivity index (χ0n) is 12.5. The average Bonchev–Trinajstić information content (AvgIpc) is 2.44. The maximum atomic E-state index is 9.79. The molecule has 1 aliphatic heterocycles. The third-order valence-electron chi connectivity index (χ3n) is 4.03. The van der Waals surface area contributed by atoms with Crippen LogP contribution in [0.15, 0.2) is 22.7 Å². The van der Waals surface area contributed by atoms with Gasteiger partial charge in [-0.05, 0) is 29.7 Å². The Morgan fingerprint density at radius 3 is 2.48 bits per heavy atom. The minimum absolute atomic E-state index is 0. The van der Waals surface area contributed by atoms with Crippen molar-refractivity contribution in [2.75, 3.05) is 26.2 Å². The number of nitrogens with zero attached hydrogens (tertiary/aromatic N) is 1. The van der Waals surface area contributed by atoms with Gasteiger partial charge in [0.25, 0.3) is 0 Å². The van der Waals surface area contributed by atoms with E-state index in [1.807, 2.05) is 12.1 Å². The smallest absolute Gasteiger partial charge is 0.115 e. The molecule has 1 aromatic carbocycles. The summed E-state index contributed by atoms with van der Waals surface area (Å²) in [5, 5.41) is 13.2. The molecule has 1 fully saturated rings. The van der Waals surface area contributed by atoms with Crippen LogP contribution in [0.25, 0.3) is 0 Å². The molecule has 6 heteroatoms. The highest BCUT2D eigenvalue weighted by Gasteiger charge is 2.28. The van der Waals surface area contributed by atoms with Crippen molar-refractivity contribution in [1.29, 1.82) is 0 Å². The molecule has 0 aliphatic carbocycles. The summed E-state index contributed by atoms with van der Waals surface area (Å²) in [6.45, 7) is 8.75. The second-order valence-corrected chi connectivity index (χ2v) is 6.18. The number of piperazine rings is 1. The fraction of sp³-hybridized carbons (Fsp3) is 0.600. The molecule has 0 radical (unpaired) electrons. The Balaban J connectivity index is 0.00000200. The number of phenolic OH excluding ortho intramolecular Hbond substituents is 1. The molecule has 0 spiro atoms. The second-order valence-electron chi connectivity index (χ2n) is 5.32. The maximum absolute atomic E-state index is 9.79. The quantitative estimate of drug-likeness (QED) is 0.803. The van der Waals surface area contributed by atoms with Gasteiger partial charge in [-0.2, -0.15) is 0 Å². The van der Waals surface area contributed by atoms with E-state index in [1.54, 1.807) is 6.07 Å². The van der Waals surface area contributed by atoms with Gasteiger partial charge in [-0.1, -0.05) is 36.2 Å². The summed E-state index contributed by atoms with van der Waals surface area (Å²) in [7, 11) is 0. The van der Waals surface area contributed by atoms with Crippen molar-refractivity contribution in [1.82, 2.24) is 10.2 Å². The molecule has 122 valence electrons. The fourth-order valence-corrected chi connectivity index (χ4v) is 3.29. The van der Waals surface area contributed by atoms with Crippen LogP contribution in [0.5, 0.6) is 5.75 Å². The summed E-state index contributed by atoms with van der Waals surface area (Å²) in [4.78, 5) is 2.53. The maximum Gasteiger partial charge on any atom is 0.115 e. The standard InChI is InChI=1S/C15H23BrN2O.2ClH/c1-3-11(2)15(18-8-6-17-7-9-18)13-10-12(19)4-5-14(13)16;;/h4-5,10-11,15,17,19H,3,6-9H2,1-2H3;2*1H/t11?,15-;;/m1../s1. The highest BCUT2D eigenvalue weighted by Crippen LogP contribution is 2.36. The van der Waals surface area contributed by atoms with Crippen LogP contribution in [0.1, 0.15) is 31.9 Å². The molecule has 3 nitrogen and oxygen atoms in total. The van der Waals surface area contributed by atoms with Crippen molar-refractivity contribution in [2.24, 2.45) is 5.92 Å². The number of aromatic hydroxyl groups is 1. The summed E-state index contributed by atoms with van der Waals surface area (Å²) < 4.78 is 1.09. The summed E-state index contributed by atoms with van der Waals surface area (Å²) in [5.41, 5.74) is 1.20. The first kappa shape index (κ1) is 21.0. The van der Waals surface area contributed by atoms with E-state index in [2.05, 4.69) is 40.0 Å². The zero-order chi connectivity index (χ0) is 13.8. The van der Waals surface area contributed by atoms with Gasteiger partial charge in [0.1, 0.15) is 5.75 Å². The summed E-state index contributed by atoms with van der Waals surface area (Å²) >= 11 is 3.64. The number of phenols is 1. The third kappa shape index (κ3) is 5.29. The molecular formula is C15H25BrCl2N2O. The molecule has 2 N–H and O–H groups in total. The molecular weight excluding hydrogens is 375 g/mol. The number of halogens is 3. The number of hydrogen-bond donors (Lipinski definition) is 2. The van der Waals surface area contributed by atoms with E-state index in [9.17, 15) is 5.11 Å². The minimum atomic E-state index is 0. The third-order valence-corrected chi connectivity index (χ3v) is 4.75. The Labute approximate surface area is 148 Å². The number of rotatable bonds is 4. The van der Waals surface area contributed by atoms with Crippen molar-refractivity contribution in [3.63, 3.8) is 0 Å². The molecule has 1 aromatic rings. The molecule has 0 aromatic heterocycles. The van der Waals surface area contributed by atoms with Crippen LogP contribution >= 0.6 is 40.7 Å². The first-order valence-corrected chi connectivity index (χ1v) is 7.86. The van der Waals surface area contributed by atoms with Crippen LogP contribution in [-0.4, -0.2) is 36.2 Å². The van der Waals surface area contributed by atoms with Crippen molar-refractivity contribution in [2.45, 2.75) is 26.3 Å². The minimum Gasteiger partial charge on any atom is -0.508 e. The number of benzene rings is 1. The van der Waals surface area contributed by atoms with E-state index < -0.39 is 0 Å². The highest BCUT2D eigenvalue weighted by atomic mass is 79.9. The average molecular weight is 400 g/mol. The number of hydrogen-bond acceptors (Lipinski definition) is 3. The van der Waals surface area contributed by atoms with Gasteiger partial charge in [-0.15, -0.1) is 24.8 Å². The van der Waals surface area contributed by atoms with Gasteiger partial charge in [0.05, 0.1) is 0 Å². The molecule has 0 amide bonds. The summed E-state index contributed by atoms with van der Waals surface area (Å²) in [6, 6.07) is 5.96. The molecule has 1 aliphatic rings. The lowest BCUT2D eigenvalue weighted by Crippen LogP contribution is -2.46. The first-order valence-electron chi connectivity index (χ1n) is 7.06. The van der Waals surface area contributed by atoms with Crippen molar-refractivity contribution < 1.29 is 5.11 Å². The zero-order valence-corrected chi connectivity index (χ0v) is 15.7. The molecule has 1 heterocycles. The van der Waals surface area contributed by atoms with Gasteiger partial charge in [0.2, 0.25) is 0 Å². The Morgan fingerprint density at radius 1 is 1.29 bits per heavy atom. The molecule has 1 unspecified atom stereocenters. The van der Waals surface area contributed by atoms with E-state index in [0.29, 0.717) is 17.7 Å². The van der Waals surface area contributed by atoms with E-state index in [0.717, 1.165) is 37.1 Å². The van der Waals surface area contributed by atoms with Crippen LogP contribution < -0.4 is 5.32 Å². The second kappa shape index (κ2) is 9.90. The molecule has 0 bridgehead atoms. The Kier molecular flexibility index (Phi) is 9.90. The van der Waals surface area contributed by atoms with Crippen LogP contribution in [0.3, 0.4) is 0 Å². The first-order chi connectivity index (χ1) is 9.13. The van der Waals surface area contributed by atoms with Crippen LogP contribution in [0, 0.1) is 5.92 Å². The molecule has 21 heavy (non-hydrogen) atoms. The fourth-order valence-electron chi connectivity index (χ4n) is 2.80. The predicted molar refractivity (Wildman–Crippen MR) is 96.9 cm³/mol. The summed E-state index contributed by atoms with van der Waals surface area (Å²) in [6.07, 6.45) is 1.14. The largest absolute Gasteiger partial charge is 0.508 e. The van der Waals surface area contributed by atoms with Gasteiger partial charge in [0.15, 0.2) is 0 Å². The lowest BCUT2D eigenvalue weighted by Gasteiger charge is -2.39. The molecule has 2 atom stereocenters. The molecule has 1 saturated heterocycles. The summed E-state index contributed by atoms with van der Waals surface area (Å²) in [5.74, 6) is 0.915. The van der Waals surface area contributed by atoms with Crippen molar-refractivity contribution in [3.8, 4) is 5.75 Å². The lowest BCUT2D eigenvalue weighted by atomic mass is 9.90. The van der Waals surface area contributed by atoms with Crippen molar-refractivity contribution >= 4 is 40.7 Å². The van der Waals surface area contributed by atoms with E-state index in [4.69, 9.17) is 0 Å². The van der Waals surface area contributed by atoms with E-state index in [1.165, 1.54) is 5.56 Å². The van der Waals surface area contributed by atoms with Gasteiger partial charge in [-0.3, -0.25) is 4.90 Å². The van der Waals surface area contributed by atoms with Gasteiger partial charge < -0.3 is 10.4 Å². The normalized spacial score (nSPS) is 18.2. The lowest BCUT2D eigenvalue weighted by molar-refractivity contribution is 0.128. The SMILES string of the molecule is CCC(C)[C@H](c1cc(O)ccc1Br)N1CCNCC1.Cl.Cl. The Hall–Kier alpha value is -0.000000000000000222. The number of nitrogens with one attached hydrogen (secondary N) is 1. The van der Waals surface area contributed by atoms with Crippen LogP contribution in [0.2, 0.25) is 0 Å².